The molecule has 0 fully saturated rings. The van der Waals surface area contributed by atoms with Gasteiger partial charge in [-0.3, -0.25) is 19.0 Å². The number of fused-ring (bicyclic) bond motifs is 1. The third kappa shape index (κ3) is 4.92. The number of rotatable bonds is 8. The number of hydrogen-bond donors (Lipinski definition) is 0. The molecule has 7 heteroatoms. The Bertz CT molecular complexity index is 1370. The number of carbonyl (C=O) groups is 2. The predicted octanol–water partition coefficient (Wildman–Crippen LogP) is 3.48. The maximum Gasteiger partial charge on any atom is 0.326 e. The quantitative estimate of drug-likeness (QED) is 0.308. The van der Waals surface area contributed by atoms with Crippen LogP contribution in [0.5, 0.6) is 0 Å². The lowest BCUT2D eigenvalue weighted by molar-refractivity contribution is -0.143. The number of aromatic nitrogens is 3. The Morgan fingerprint density at radius 1 is 0.970 bits per heavy atom. The van der Waals surface area contributed by atoms with E-state index >= 15 is 0 Å². The van der Waals surface area contributed by atoms with Crippen LogP contribution in [0.15, 0.2) is 71.7 Å². The number of para-hydroxylation sites is 2. The van der Waals surface area contributed by atoms with E-state index < -0.39 is 11.5 Å². The van der Waals surface area contributed by atoms with Gasteiger partial charge in [0, 0.05) is 23.5 Å². The monoisotopic (exact) mass is 443 g/mol. The number of aryl methyl sites for hydroxylation is 2. The summed E-state index contributed by atoms with van der Waals surface area (Å²) in [4.78, 5) is 41.4. The maximum atomic E-state index is 12.8. The number of nitrogens with zero attached hydrogens (tertiary/aromatic N) is 3. The van der Waals surface area contributed by atoms with E-state index in [-0.39, 0.29) is 18.9 Å². The van der Waals surface area contributed by atoms with Gasteiger partial charge in [-0.25, -0.2) is 4.98 Å². The van der Waals surface area contributed by atoms with Crippen molar-refractivity contribution in [3.63, 3.8) is 0 Å². The average Bonchev–Trinajstić information content (AvgIpc) is 3.12. The van der Waals surface area contributed by atoms with Gasteiger partial charge in [-0.2, -0.15) is 0 Å². The lowest BCUT2D eigenvalue weighted by Crippen LogP contribution is -2.27. The van der Waals surface area contributed by atoms with Crippen LogP contribution in [-0.4, -0.2) is 32.5 Å². The minimum Gasteiger partial charge on any atom is -0.456 e. The molecule has 0 aliphatic carbocycles. The van der Waals surface area contributed by atoms with Crippen molar-refractivity contribution in [2.75, 3.05) is 6.61 Å². The van der Waals surface area contributed by atoms with Gasteiger partial charge in [0.2, 0.25) is 5.78 Å². The largest absolute Gasteiger partial charge is 0.456 e. The van der Waals surface area contributed by atoms with E-state index in [1.807, 2.05) is 38.1 Å². The van der Waals surface area contributed by atoms with E-state index in [2.05, 4.69) is 21.7 Å². The molecule has 168 valence electrons. The molecule has 0 radical (unpaired) electrons. The van der Waals surface area contributed by atoms with E-state index in [1.54, 1.807) is 24.3 Å². The standard InChI is InChI=1S/C26H25N3O4/c1-18-14-21(19(2)28(18)13-12-20-8-4-3-5-9-20)24(30)17-33-26(32)16-29-23-11-7-6-10-22(23)27-15-25(29)31/h3-11,14-15H,12-13,16-17H2,1-2H3. The molecule has 0 aliphatic rings. The fraction of sp³-hybridized carbons (Fsp3) is 0.231. The van der Waals surface area contributed by atoms with Crippen LogP contribution in [0.2, 0.25) is 0 Å². The van der Waals surface area contributed by atoms with Gasteiger partial charge in [-0.1, -0.05) is 42.5 Å². The molecule has 2 aromatic carbocycles. The Labute approximate surface area is 191 Å². The first-order valence-corrected chi connectivity index (χ1v) is 10.8. The Morgan fingerprint density at radius 3 is 2.48 bits per heavy atom. The molecular formula is C26H25N3O4. The van der Waals surface area contributed by atoms with Gasteiger partial charge in [0.05, 0.1) is 17.2 Å². The van der Waals surface area contributed by atoms with Gasteiger partial charge in [-0.05, 0) is 44.0 Å². The molecule has 0 saturated carbocycles. The molecular weight excluding hydrogens is 418 g/mol. The third-order valence-corrected chi connectivity index (χ3v) is 5.75. The molecule has 7 nitrogen and oxygen atoms in total. The van der Waals surface area contributed by atoms with Crippen LogP contribution in [0.4, 0.5) is 0 Å². The van der Waals surface area contributed by atoms with Gasteiger partial charge >= 0.3 is 5.97 Å². The second kappa shape index (κ2) is 9.65. The SMILES string of the molecule is Cc1cc(C(=O)COC(=O)Cn2c(=O)cnc3ccccc32)c(C)n1CCc1ccccc1. The highest BCUT2D eigenvalue weighted by Gasteiger charge is 2.18. The van der Waals surface area contributed by atoms with E-state index in [9.17, 15) is 14.4 Å². The van der Waals surface area contributed by atoms with Gasteiger partial charge < -0.3 is 9.30 Å². The summed E-state index contributed by atoms with van der Waals surface area (Å²) in [5.74, 6) is -0.922. The highest BCUT2D eigenvalue weighted by atomic mass is 16.5. The van der Waals surface area contributed by atoms with E-state index in [4.69, 9.17) is 4.74 Å². The summed E-state index contributed by atoms with van der Waals surface area (Å²) in [6, 6.07) is 19.0. The number of esters is 1. The Hall–Kier alpha value is -4.00. The summed E-state index contributed by atoms with van der Waals surface area (Å²) in [5, 5.41) is 0. The zero-order valence-corrected chi connectivity index (χ0v) is 18.7. The summed E-state index contributed by atoms with van der Waals surface area (Å²) in [7, 11) is 0. The fourth-order valence-electron chi connectivity index (χ4n) is 3.99. The molecule has 0 atom stereocenters. The molecule has 0 unspecified atom stereocenters. The van der Waals surface area contributed by atoms with E-state index in [0.29, 0.717) is 16.6 Å². The van der Waals surface area contributed by atoms with E-state index in [0.717, 1.165) is 24.4 Å². The lowest BCUT2D eigenvalue weighted by Gasteiger charge is -2.11. The molecule has 0 N–H and O–H groups in total. The third-order valence-electron chi connectivity index (χ3n) is 5.75. The number of ketones is 1. The Balaban J connectivity index is 1.41. The van der Waals surface area contributed by atoms with Gasteiger partial charge in [0.1, 0.15) is 6.54 Å². The molecule has 0 bridgehead atoms. The first kappa shape index (κ1) is 22.2. The second-order valence-corrected chi connectivity index (χ2v) is 7.93. The normalized spacial score (nSPS) is 11.0. The van der Waals surface area contributed by atoms with Crippen molar-refractivity contribution in [3.05, 3.63) is 99.7 Å². The van der Waals surface area contributed by atoms with Crippen LogP contribution < -0.4 is 5.56 Å². The van der Waals surface area contributed by atoms with E-state index in [1.165, 1.54) is 16.3 Å². The molecule has 33 heavy (non-hydrogen) atoms. The summed E-state index contributed by atoms with van der Waals surface area (Å²) in [5.41, 5.74) is 4.33. The molecule has 0 aliphatic heterocycles. The zero-order valence-electron chi connectivity index (χ0n) is 18.7. The van der Waals surface area contributed by atoms with Crippen molar-refractivity contribution in [2.45, 2.75) is 33.4 Å². The summed E-state index contributed by atoms with van der Waals surface area (Å²) < 4.78 is 8.62. The smallest absolute Gasteiger partial charge is 0.326 e. The number of ether oxygens (including phenoxy) is 1. The van der Waals surface area contributed by atoms with Crippen molar-refractivity contribution in [3.8, 4) is 0 Å². The summed E-state index contributed by atoms with van der Waals surface area (Å²) >= 11 is 0. The second-order valence-electron chi connectivity index (χ2n) is 7.93. The molecule has 0 saturated heterocycles. The molecule has 0 spiro atoms. The average molecular weight is 444 g/mol. The van der Waals surface area contributed by atoms with Crippen molar-refractivity contribution in [2.24, 2.45) is 0 Å². The van der Waals surface area contributed by atoms with Crippen molar-refractivity contribution in [1.29, 1.82) is 0 Å². The van der Waals surface area contributed by atoms with Crippen molar-refractivity contribution in [1.82, 2.24) is 14.1 Å². The van der Waals surface area contributed by atoms with Crippen LogP contribution in [0, 0.1) is 13.8 Å². The number of hydrogen-bond acceptors (Lipinski definition) is 5. The van der Waals surface area contributed by atoms with Crippen LogP contribution in [0.1, 0.15) is 27.3 Å². The van der Waals surface area contributed by atoms with Crippen molar-refractivity contribution < 1.29 is 14.3 Å². The molecule has 4 aromatic rings. The summed E-state index contributed by atoms with van der Waals surface area (Å²) in [6.45, 7) is 3.95. The molecule has 4 rings (SSSR count). The topological polar surface area (TPSA) is 83.2 Å². The number of Topliss-reactive ketones (excluding diaryl/α,β-unsaturated/α-hetero) is 1. The molecule has 2 aromatic heterocycles. The van der Waals surface area contributed by atoms with Crippen LogP contribution in [0.25, 0.3) is 11.0 Å². The molecule has 2 heterocycles. The van der Waals surface area contributed by atoms with Crippen LogP contribution in [0.3, 0.4) is 0 Å². The highest BCUT2D eigenvalue weighted by molar-refractivity contribution is 5.99. The minimum absolute atomic E-state index is 0.269. The van der Waals surface area contributed by atoms with Gasteiger partial charge in [-0.15, -0.1) is 0 Å². The zero-order chi connectivity index (χ0) is 23.4. The number of carbonyl (C=O) groups excluding carboxylic acids is 2. The molecule has 0 amide bonds. The Morgan fingerprint density at radius 2 is 1.70 bits per heavy atom. The van der Waals surface area contributed by atoms with Crippen LogP contribution >= 0.6 is 0 Å². The Kier molecular flexibility index (Phi) is 6.49. The first-order chi connectivity index (χ1) is 15.9. The fourth-order valence-corrected chi connectivity index (χ4v) is 3.99. The maximum absolute atomic E-state index is 12.8. The van der Waals surface area contributed by atoms with Crippen LogP contribution in [-0.2, 0) is 29.0 Å². The van der Waals surface area contributed by atoms with Gasteiger partial charge in [0.15, 0.2) is 6.61 Å². The predicted molar refractivity (Wildman–Crippen MR) is 125 cm³/mol. The minimum atomic E-state index is -0.653. The lowest BCUT2D eigenvalue weighted by atomic mass is 10.1. The van der Waals surface area contributed by atoms with Crippen molar-refractivity contribution >= 4 is 22.8 Å². The summed E-state index contributed by atoms with van der Waals surface area (Å²) in [6.07, 6.45) is 2.03. The number of benzene rings is 2. The first-order valence-electron chi connectivity index (χ1n) is 10.8. The van der Waals surface area contributed by atoms with Gasteiger partial charge in [0.25, 0.3) is 5.56 Å². The highest BCUT2D eigenvalue weighted by Crippen LogP contribution is 2.17.